The smallest absolute Gasteiger partial charge is 0.274 e. The molecule has 0 N–H and O–H groups in total. The summed E-state index contributed by atoms with van der Waals surface area (Å²) in [5, 5.41) is 3.93. The molecule has 1 aliphatic rings. The van der Waals surface area contributed by atoms with Crippen LogP contribution in [0.4, 0.5) is 0 Å². The maximum atomic E-state index is 12.9. The number of amides is 1. The zero-order chi connectivity index (χ0) is 15.9. The molecule has 6 nitrogen and oxygen atoms in total. The van der Waals surface area contributed by atoms with Crippen LogP contribution in [0.5, 0.6) is 0 Å². The molecular formula is C16H20N4O2. The Labute approximate surface area is 129 Å². The van der Waals surface area contributed by atoms with Gasteiger partial charge in [-0.05, 0) is 40.5 Å². The second kappa shape index (κ2) is 5.51. The van der Waals surface area contributed by atoms with Gasteiger partial charge in [0.05, 0.1) is 28.8 Å². The van der Waals surface area contributed by atoms with E-state index in [-0.39, 0.29) is 11.9 Å². The Hall–Kier alpha value is -2.24. The lowest BCUT2D eigenvalue weighted by Gasteiger charge is -2.23. The fourth-order valence-corrected chi connectivity index (χ4v) is 2.90. The maximum Gasteiger partial charge on any atom is 0.274 e. The zero-order valence-corrected chi connectivity index (χ0v) is 13.4. The van der Waals surface area contributed by atoms with Gasteiger partial charge >= 0.3 is 0 Å². The number of hydrogen-bond acceptors (Lipinski definition) is 5. The van der Waals surface area contributed by atoms with E-state index in [2.05, 4.69) is 15.1 Å². The second-order valence-electron chi connectivity index (χ2n) is 5.86. The van der Waals surface area contributed by atoms with Crippen molar-refractivity contribution in [3.63, 3.8) is 0 Å². The molecule has 116 valence electrons. The summed E-state index contributed by atoms with van der Waals surface area (Å²) in [5.74, 6) is 0.669. The van der Waals surface area contributed by atoms with E-state index in [1.807, 2.05) is 38.7 Å². The minimum Gasteiger partial charge on any atom is -0.359 e. The first-order valence-electron chi connectivity index (χ1n) is 7.53. The highest BCUT2D eigenvalue weighted by Crippen LogP contribution is 2.33. The van der Waals surface area contributed by atoms with Gasteiger partial charge in [0, 0.05) is 12.6 Å². The van der Waals surface area contributed by atoms with Crippen LogP contribution in [0.15, 0.2) is 10.6 Å². The molecular weight excluding hydrogens is 280 g/mol. The Balaban J connectivity index is 1.92. The molecule has 1 unspecified atom stereocenters. The molecule has 6 heteroatoms. The standard InChI is InChI=1S/C16H20N4O2/c1-9-8-14(22-19-9)13-6-5-7-20(13)16(21)15-12(4)17-10(2)11(3)18-15/h8,13H,5-7H2,1-4H3. The summed E-state index contributed by atoms with van der Waals surface area (Å²) in [5.41, 5.74) is 3.59. The van der Waals surface area contributed by atoms with Crippen LogP contribution in [0, 0.1) is 27.7 Å². The Morgan fingerprint density at radius 2 is 1.91 bits per heavy atom. The number of rotatable bonds is 2. The second-order valence-corrected chi connectivity index (χ2v) is 5.86. The van der Waals surface area contributed by atoms with Crippen molar-refractivity contribution >= 4 is 5.91 Å². The normalized spacial score (nSPS) is 18.0. The minimum atomic E-state index is -0.0790. The summed E-state index contributed by atoms with van der Waals surface area (Å²) in [6, 6.07) is 1.84. The number of carbonyl (C=O) groups is 1. The molecule has 0 aromatic carbocycles. The third-order valence-electron chi connectivity index (χ3n) is 4.17. The molecule has 1 fully saturated rings. The predicted molar refractivity (Wildman–Crippen MR) is 80.5 cm³/mol. The van der Waals surface area contributed by atoms with Gasteiger partial charge in [-0.15, -0.1) is 0 Å². The number of nitrogens with zero attached hydrogens (tertiary/aromatic N) is 4. The molecule has 1 atom stereocenters. The van der Waals surface area contributed by atoms with Crippen LogP contribution in [0.25, 0.3) is 0 Å². The molecule has 1 saturated heterocycles. The maximum absolute atomic E-state index is 12.9. The quantitative estimate of drug-likeness (QED) is 0.852. The SMILES string of the molecule is Cc1cc(C2CCCN2C(=O)c2nc(C)c(C)nc2C)on1. The van der Waals surface area contributed by atoms with Gasteiger partial charge in [0.15, 0.2) is 5.76 Å². The fourth-order valence-electron chi connectivity index (χ4n) is 2.90. The summed E-state index contributed by atoms with van der Waals surface area (Å²) >= 11 is 0. The molecule has 1 amide bonds. The molecule has 3 heterocycles. The van der Waals surface area contributed by atoms with E-state index in [1.54, 1.807) is 0 Å². The lowest BCUT2D eigenvalue weighted by atomic mass is 10.1. The van der Waals surface area contributed by atoms with Gasteiger partial charge in [0.1, 0.15) is 5.69 Å². The third-order valence-corrected chi connectivity index (χ3v) is 4.17. The molecule has 0 saturated carbocycles. The van der Waals surface area contributed by atoms with E-state index in [4.69, 9.17) is 4.52 Å². The molecule has 0 bridgehead atoms. The summed E-state index contributed by atoms with van der Waals surface area (Å²) in [4.78, 5) is 23.6. The van der Waals surface area contributed by atoms with Gasteiger partial charge < -0.3 is 9.42 Å². The first kappa shape index (κ1) is 14.7. The van der Waals surface area contributed by atoms with Gasteiger partial charge in [-0.25, -0.2) is 4.98 Å². The van der Waals surface area contributed by atoms with Crippen LogP contribution in [-0.2, 0) is 0 Å². The van der Waals surface area contributed by atoms with Gasteiger partial charge in [-0.1, -0.05) is 5.16 Å². The highest BCUT2D eigenvalue weighted by Gasteiger charge is 2.34. The summed E-state index contributed by atoms with van der Waals surface area (Å²) < 4.78 is 5.36. The topological polar surface area (TPSA) is 72.1 Å². The fraction of sp³-hybridized carbons (Fsp3) is 0.500. The van der Waals surface area contributed by atoms with Crippen molar-refractivity contribution in [1.82, 2.24) is 20.0 Å². The Bertz CT molecular complexity index is 723. The van der Waals surface area contributed by atoms with Crippen LogP contribution in [0.2, 0.25) is 0 Å². The molecule has 22 heavy (non-hydrogen) atoms. The van der Waals surface area contributed by atoms with E-state index in [0.29, 0.717) is 17.9 Å². The van der Waals surface area contributed by atoms with E-state index in [9.17, 15) is 4.79 Å². The highest BCUT2D eigenvalue weighted by molar-refractivity contribution is 5.93. The Morgan fingerprint density at radius 3 is 2.59 bits per heavy atom. The van der Waals surface area contributed by atoms with Crippen molar-refractivity contribution in [2.75, 3.05) is 6.54 Å². The lowest BCUT2D eigenvalue weighted by Crippen LogP contribution is -2.32. The van der Waals surface area contributed by atoms with Crippen molar-refractivity contribution < 1.29 is 9.32 Å². The molecule has 0 aliphatic carbocycles. The average Bonchev–Trinajstić information content (AvgIpc) is 3.10. The van der Waals surface area contributed by atoms with Crippen molar-refractivity contribution in [3.05, 3.63) is 40.3 Å². The van der Waals surface area contributed by atoms with Crippen LogP contribution in [0.3, 0.4) is 0 Å². The Kier molecular flexibility index (Phi) is 3.68. The largest absolute Gasteiger partial charge is 0.359 e. The van der Waals surface area contributed by atoms with E-state index in [0.717, 1.165) is 35.7 Å². The van der Waals surface area contributed by atoms with E-state index >= 15 is 0 Å². The summed E-state index contributed by atoms with van der Waals surface area (Å²) in [7, 11) is 0. The molecule has 1 aliphatic heterocycles. The Morgan fingerprint density at radius 1 is 1.18 bits per heavy atom. The molecule has 0 radical (unpaired) electrons. The first-order valence-corrected chi connectivity index (χ1v) is 7.53. The third kappa shape index (κ3) is 2.49. The first-order chi connectivity index (χ1) is 10.5. The van der Waals surface area contributed by atoms with Crippen molar-refractivity contribution in [3.8, 4) is 0 Å². The van der Waals surface area contributed by atoms with E-state index < -0.39 is 0 Å². The number of aromatic nitrogens is 3. The van der Waals surface area contributed by atoms with Crippen LogP contribution < -0.4 is 0 Å². The number of likely N-dealkylation sites (tertiary alicyclic amines) is 1. The van der Waals surface area contributed by atoms with Crippen LogP contribution in [-0.4, -0.2) is 32.5 Å². The van der Waals surface area contributed by atoms with Crippen molar-refractivity contribution in [1.29, 1.82) is 0 Å². The van der Waals surface area contributed by atoms with Gasteiger partial charge in [0.2, 0.25) is 0 Å². The molecule has 0 spiro atoms. The lowest BCUT2D eigenvalue weighted by molar-refractivity contribution is 0.0707. The van der Waals surface area contributed by atoms with Crippen molar-refractivity contribution in [2.45, 2.75) is 46.6 Å². The monoisotopic (exact) mass is 300 g/mol. The molecule has 3 rings (SSSR count). The van der Waals surface area contributed by atoms with Gasteiger partial charge in [-0.3, -0.25) is 9.78 Å². The summed E-state index contributed by atoms with van der Waals surface area (Å²) in [6.45, 7) is 8.19. The molecule has 2 aromatic rings. The number of aryl methyl sites for hydroxylation is 4. The minimum absolute atomic E-state index is 0.0588. The highest BCUT2D eigenvalue weighted by atomic mass is 16.5. The predicted octanol–water partition coefficient (Wildman–Crippen LogP) is 2.68. The van der Waals surface area contributed by atoms with Gasteiger partial charge in [0.25, 0.3) is 5.91 Å². The van der Waals surface area contributed by atoms with Crippen LogP contribution in [0.1, 0.15) is 57.9 Å². The van der Waals surface area contributed by atoms with Crippen LogP contribution >= 0.6 is 0 Å². The average molecular weight is 300 g/mol. The molecule has 2 aromatic heterocycles. The van der Waals surface area contributed by atoms with Crippen molar-refractivity contribution in [2.24, 2.45) is 0 Å². The number of hydrogen-bond donors (Lipinski definition) is 0. The number of carbonyl (C=O) groups excluding carboxylic acids is 1. The zero-order valence-electron chi connectivity index (χ0n) is 13.4. The van der Waals surface area contributed by atoms with Gasteiger partial charge in [-0.2, -0.15) is 0 Å². The summed E-state index contributed by atoms with van der Waals surface area (Å²) in [6.07, 6.45) is 1.84. The van der Waals surface area contributed by atoms with E-state index in [1.165, 1.54) is 0 Å².